The molecule has 3 heteroatoms. The molecule has 0 bridgehead atoms. The zero-order valence-electron chi connectivity index (χ0n) is 9.58. The zero-order valence-corrected chi connectivity index (χ0v) is 10.6. The van der Waals surface area contributed by atoms with Crippen molar-refractivity contribution in [2.45, 2.75) is 50.5 Å². The molecular weight excluding hydrogens is 204 g/mol. The Kier molecular flexibility index (Phi) is 4.26. The molecule has 0 aromatic carbocycles. The molecule has 85 valence electrons. The van der Waals surface area contributed by atoms with Crippen LogP contribution in [0.4, 0.5) is 0 Å². The van der Waals surface area contributed by atoms with Crippen LogP contribution in [0.5, 0.6) is 0 Å². The van der Waals surface area contributed by atoms with Crippen molar-refractivity contribution in [1.29, 1.82) is 0 Å². The van der Waals surface area contributed by atoms with E-state index in [-0.39, 0.29) is 0 Å². The molecule has 1 radical (unpaired) electrons. The van der Waals surface area contributed by atoms with Gasteiger partial charge in [-0.3, -0.25) is 0 Å². The van der Waals surface area contributed by atoms with Gasteiger partial charge >= 0.3 is 9.28 Å². The van der Waals surface area contributed by atoms with Crippen LogP contribution in [0.2, 0.25) is 5.54 Å². The molecule has 0 heterocycles. The molecule has 0 spiro atoms. The first kappa shape index (κ1) is 11.2. The van der Waals surface area contributed by atoms with Crippen LogP contribution in [0.15, 0.2) is 12.3 Å². The highest BCUT2D eigenvalue weighted by atomic mass is 28.3. The van der Waals surface area contributed by atoms with E-state index >= 15 is 0 Å². The summed E-state index contributed by atoms with van der Waals surface area (Å²) >= 11 is 0. The van der Waals surface area contributed by atoms with Crippen molar-refractivity contribution in [1.82, 2.24) is 0 Å². The summed E-state index contributed by atoms with van der Waals surface area (Å²) in [5.74, 6) is 0.770. The van der Waals surface area contributed by atoms with Crippen molar-refractivity contribution in [3.05, 3.63) is 12.3 Å². The van der Waals surface area contributed by atoms with Gasteiger partial charge in [-0.1, -0.05) is 19.3 Å². The van der Waals surface area contributed by atoms with Gasteiger partial charge in [-0.15, -0.1) is 0 Å². The lowest BCUT2D eigenvalue weighted by Gasteiger charge is -2.28. The van der Waals surface area contributed by atoms with Crippen molar-refractivity contribution in [3.63, 3.8) is 0 Å². The van der Waals surface area contributed by atoms with E-state index in [4.69, 9.17) is 8.85 Å². The van der Waals surface area contributed by atoms with Crippen molar-refractivity contribution >= 4 is 9.28 Å². The summed E-state index contributed by atoms with van der Waals surface area (Å²) in [5.41, 5.74) is 0.730. The minimum atomic E-state index is -1.00. The largest absolute Gasteiger partial charge is 0.525 e. The molecular formula is C12H21O2Si. The lowest BCUT2D eigenvalue weighted by Crippen LogP contribution is -2.30. The lowest BCUT2D eigenvalue weighted by atomic mass is 10.00. The molecule has 0 aliphatic heterocycles. The molecule has 2 rings (SSSR count). The fourth-order valence-electron chi connectivity index (χ4n) is 2.32. The number of hydrogen-bond acceptors (Lipinski definition) is 2. The molecule has 0 amide bonds. The number of rotatable bonds is 5. The second-order valence-corrected chi connectivity index (χ2v) is 6.74. The predicted octanol–water partition coefficient (Wildman–Crippen LogP) is 3.40. The highest BCUT2D eigenvalue weighted by Crippen LogP contribution is 2.35. The van der Waals surface area contributed by atoms with Crippen molar-refractivity contribution in [2.75, 3.05) is 7.11 Å². The molecule has 2 saturated carbocycles. The third-order valence-electron chi connectivity index (χ3n) is 3.57. The van der Waals surface area contributed by atoms with Gasteiger partial charge in [0, 0.05) is 12.7 Å². The molecule has 0 aromatic heterocycles. The maximum atomic E-state index is 5.76. The molecule has 0 atom stereocenters. The number of allylic oxidation sites excluding steroid dienone is 1. The molecule has 0 N–H and O–H groups in total. The van der Waals surface area contributed by atoms with Crippen LogP contribution in [-0.4, -0.2) is 16.4 Å². The lowest BCUT2D eigenvalue weighted by molar-refractivity contribution is 0.266. The topological polar surface area (TPSA) is 18.5 Å². The Morgan fingerprint density at radius 2 is 1.80 bits per heavy atom. The highest BCUT2D eigenvalue weighted by Gasteiger charge is 2.33. The number of hydrogen-bond donors (Lipinski definition) is 0. The Balaban J connectivity index is 1.69. The summed E-state index contributed by atoms with van der Waals surface area (Å²) in [4.78, 5) is 0. The van der Waals surface area contributed by atoms with Crippen molar-refractivity contribution in [3.8, 4) is 0 Å². The smallest absolute Gasteiger partial charge is 0.460 e. The van der Waals surface area contributed by atoms with Gasteiger partial charge in [0.25, 0.3) is 0 Å². The van der Waals surface area contributed by atoms with Crippen LogP contribution in [-0.2, 0) is 8.85 Å². The third-order valence-corrected chi connectivity index (χ3v) is 5.59. The van der Waals surface area contributed by atoms with E-state index in [0.29, 0.717) is 0 Å². The predicted molar refractivity (Wildman–Crippen MR) is 62.5 cm³/mol. The zero-order chi connectivity index (χ0) is 10.5. The van der Waals surface area contributed by atoms with Gasteiger partial charge in [-0.25, -0.2) is 0 Å². The molecule has 0 saturated heterocycles. The fraction of sp³-hybridized carbons (Fsp3) is 0.833. The first-order valence-corrected chi connectivity index (χ1v) is 7.53. The van der Waals surface area contributed by atoms with Crippen molar-refractivity contribution < 1.29 is 8.85 Å². The fourth-order valence-corrected chi connectivity index (χ4v) is 4.04. The summed E-state index contributed by atoms with van der Waals surface area (Å²) in [6.07, 6.45) is 13.6. The van der Waals surface area contributed by atoms with Crippen LogP contribution in [0.3, 0.4) is 0 Å². The van der Waals surface area contributed by atoms with Crippen LogP contribution in [0.1, 0.15) is 44.9 Å². The Morgan fingerprint density at radius 1 is 1.07 bits per heavy atom. The average molecular weight is 225 g/mol. The quantitative estimate of drug-likeness (QED) is 0.527. The first-order chi connectivity index (χ1) is 7.40. The van der Waals surface area contributed by atoms with Gasteiger partial charge in [0.15, 0.2) is 0 Å². The second kappa shape index (κ2) is 5.71. The Bertz CT molecular complexity index is 208. The van der Waals surface area contributed by atoms with Gasteiger partial charge in [-0.2, -0.15) is 0 Å². The van der Waals surface area contributed by atoms with Gasteiger partial charge in [-0.05, 0) is 37.7 Å². The normalized spacial score (nSPS) is 23.9. The second-order valence-electron chi connectivity index (χ2n) is 4.64. The summed E-state index contributed by atoms with van der Waals surface area (Å²) < 4.78 is 11.2. The Hall–Kier alpha value is -0.283. The van der Waals surface area contributed by atoms with E-state index in [1.54, 1.807) is 7.11 Å². The monoisotopic (exact) mass is 225 g/mol. The summed E-state index contributed by atoms with van der Waals surface area (Å²) in [6, 6.07) is 0. The van der Waals surface area contributed by atoms with Crippen LogP contribution in [0.25, 0.3) is 0 Å². The van der Waals surface area contributed by atoms with Crippen LogP contribution < -0.4 is 0 Å². The van der Waals surface area contributed by atoms with E-state index in [2.05, 4.69) is 6.08 Å². The molecule has 15 heavy (non-hydrogen) atoms. The Labute approximate surface area is 94.5 Å². The molecule has 0 unspecified atom stereocenters. The van der Waals surface area contributed by atoms with Crippen LogP contribution >= 0.6 is 0 Å². The van der Waals surface area contributed by atoms with E-state index in [0.717, 1.165) is 11.5 Å². The molecule has 0 aromatic rings. The SMILES string of the molecule is CO[Si](OC=CC1CCCC1)C1CCC1. The van der Waals surface area contributed by atoms with E-state index in [9.17, 15) is 0 Å². The molecule has 2 aliphatic rings. The van der Waals surface area contributed by atoms with Crippen molar-refractivity contribution in [2.24, 2.45) is 5.92 Å². The van der Waals surface area contributed by atoms with Gasteiger partial charge in [0.1, 0.15) is 0 Å². The summed E-state index contributed by atoms with van der Waals surface area (Å²) in [5, 5.41) is 0. The molecule has 2 fully saturated rings. The van der Waals surface area contributed by atoms with E-state index < -0.39 is 9.28 Å². The maximum Gasteiger partial charge on any atom is 0.460 e. The molecule has 2 aliphatic carbocycles. The standard InChI is InChI=1S/C12H21O2Si/c1-13-15(12-7-4-8-12)14-10-9-11-5-2-3-6-11/h9-12H,2-8H2,1H3. The van der Waals surface area contributed by atoms with E-state index in [1.165, 1.54) is 44.9 Å². The summed E-state index contributed by atoms with van der Waals surface area (Å²) in [6.45, 7) is 0. The minimum Gasteiger partial charge on any atom is -0.525 e. The average Bonchev–Trinajstić information content (AvgIpc) is 2.66. The maximum absolute atomic E-state index is 5.76. The first-order valence-electron chi connectivity index (χ1n) is 6.14. The molecule has 2 nitrogen and oxygen atoms in total. The van der Waals surface area contributed by atoms with E-state index in [1.807, 2.05) is 6.26 Å². The van der Waals surface area contributed by atoms with Gasteiger partial charge < -0.3 is 8.85 Å². The summed E-state index contributed by atoms with van der Waals surface area (Å²) in [7, 11) is 0.784. The third kappa shape index (κ3) is 3.08. The van der Waals surface area contributed by atoms with Gasteiger partial charge in [0.2, 0.25) is 0 Å². The highest BCUT2D eigenvalue weighted by molar-refractivity contribution is 6.46. The van der Waals surface area contributed by atoms with Crippen LogP contribution in [0, 0.1) is 5.92 Å². The van der Waals surface area contributed by atoms with Gasteiger partial charge in [0.05, 0.1) is 6.26 Å². The Morgan fingerprint density at radius 3 is 2.33 bits per heavy atom. The minimum absolute atomic E-state index is 0.730.